The molecule has 1 atom stereocenters. The smallest absolute Gasteiger partial charge is 0.338 e. The highest BCUT2D eigenvalue weighted by Gasteiger charge is 2.34. The number of piperazine rings is 1. The minimum Gasteiger partial charge on any atom is -0.491 e. The summed E-state index contributed by atoms with van der Waals surface area (Å²) in [6, 6.07) is 6.56. The van der Waals surface area contributed by atoms with Crippen molar-refractivity contribution in [3.05, 3.63) is 41.1 Å². The van der Waals surface area contributed by atoms with E-state index >= 15 is 0 Å². The maximum Gasteiger partial charge on any atom is 0.338 e. The lowest BCUT2D eigenvalue weighted by molar-refractivity contribution is -0.139. The summed E-state index contributed by atoms with van der Waals surface area (Å²) in [5, 5.41) is 5.73. The number of amides is 2. The Kier molecular flexibility index (Phi) is 7.33. The van der Waals surface area contributed by atoms with Gasteiger partial charge in [0.15, 0.2) is 0 Å². The Hall–Kier alpha value is -2.58. The number of ether oxygens (including phenoxy) is 2. The third-order valence-corrected chi connectivity index (χ3v) is 5.21. The summed E-state index contributed by atoms with van der Waals surface area (Å²) in [7, 11) is 2.09. The fourth-order valence-electron chi connectivity index (χ4n) is 3.68. The van der Waals surface area contributed by atoms with Crippen molar-refractivity contribution in [2.24, 2.45) is 0 Å². The highest BCUT2D eigenvalue weighted by atomic mass is 16.5. The molecule has 164 valence electrons. The van der Waals surface area contributed by atoms with Gasteiger partial charge < -0.3 is 25.0 Å². The molecule has 8 nitrogen and oxygen atoms in total. The van der Waals surface area contributed by atoms with Crippen LogP contribution in [-0.4, -0.2) is 74.3 Å². The number of nitrogens with zero attached hydrogens (tertiary/aromatic N) is 2. The van der Waals surface area contributed by atoms with E-state index in [1.54, 1.807) is 6.92 Å². The van der Waals surface area contributed by atoms with Crippen molar-refractivity contribution in [2.45, 2.75) is 32.9 Å². The van der Waals surface area contributed by atoms with E-state index in [1.807, 2.05) is 38.1 Å². The Bertz CT molecular complexity index is 783. The van der Waals surface area contributed by atoms with Gasteiger partial charge in [-0.15, -0.1) is 0 Å². The Labute approximate surface area is 178 Å². The van der Waals surface area contributed by atoms with Gasteiger partial charge in [-0.05, 0) is 45.5 Å². The number of urea groups is 1. The van der Waals surface area contributed by atoms with Crippen LogP contribution in [0.4, 0.5) is 4.79 Å². The van der Waals surface area contributed by atoms with Gasteiger partial charge in [0.25, 0.3) is 0 Å². The van der Waals surface area contributed by atoms with Crippen molar-refractivity contribution in [3.8, 4) is 5.75 Å². The van der Waals surface area contributed by atoms with Gasteiger partial charge in [0.05, 0.1) is 24.3 Å². The molecule has 1 saturated heterocycles. The first-order chi connectivity index (χ1) is 14.4. The fraction of sp³-hybridized carbons (Fsp3) is 0.545. The average molecular weight is 417 g/mol. The topological polar surface area (TPSA) is 83.1 Å². The molecule has 8 heteroatoms. The van der Waals surface area contributed by atoms with E-state index in [4.69, 9.17) is 9.47 Å². The number of benzene rings is 1. The van der Waals surface area contributed by atoms with Crippen molar-refractivity contribution in [3.63, 3.8) is 0 Å². The van der Waals surface area contributed by atoms with E-state index < -0.39 is 12.0 Å². The zero-order chi connectivity index (χ0) is 21.7. The van der Waals surface area contributed by atoms with Crippen molar-refractivity contribution in [1.29, 1.82) is 0 Å². The van der Waals surface area contributed by atoms with Crippen LogP contribution in [0.25, 0.3) is 0 Å². The number of esters is 1. The molecule has 2 aliphatic heterocycles. The summed E-state index contributed by atoms with van der Waals surface area (Å²) in [6.45, 7) is 10.1. The predicted octanol–water partition coefficient (Wildman–Crippen LogP) is 1.89. The van der Waals surface area contributed by atoms with Gasteiger partial charge in [0.2, 0.25) is 0 Å². The molecule has 30 heavy (non-hydrogen) atoms. The normalized spacial score (nSPS) is 20.7. The summed E-state index contributed by atoms with van der Waals surface area (Å²) in [4.78, 5) is 29.8. The number of hydrogen-bond donors (Lipinski definition) is 2. The molecule has 3 rings (SSSR count). The number of carbonyl (C=O) groups is 2. The molecular weight excluding hydrogens is 384 g/mol. The molecule has 1 fully saturated rings. The quantitative estimate of drug-likeness (QED) is 0.661. The van der Waals surface area contributed by atoms with E-state index in [0.29, 0.717) is 17.8 Å². The van der Waals surface area contributed by atoms with Crippen LogP contribution in [-0.2, 0) is 9.53 Å². The van der Waals surface area contributed by atoms with Gasteiger partial charge in [-0.3, -0.25) is 4.90 Å². The van der Waals surface area contributed by atoms with Gasteiger partial charge in [0, 0.05) is 38.4 Å². The summed E-state index contributed by atoms with van der Waals surface area (Å²) in [5.74, 6) is 0.329. The minimum atomic E-state index is -0.576. The van der Waals surface area contributed by atoms with Crippen LogP contribution in [0.1, 0.15) is 32.4 Å². The van der Waals surface area contributed by atoms with E-state index in [1.165, 1.54) is 0 Å². The van der Waals surface area contributed by atoms with Crippen LogP contribution in [0.2, 0.25) is 0 Å². The summed E-state index contributed by atoms with van der Waals surface area (Å²) >= 11 is 0. The predicted molar refractivity (Wildman–Crippen MR) is 114 cm³/mol. The molecule has 0 saturated carbocycles. The molecule has 0 radical (unpaired) electrons. The number of likely N-dealkylation sites (N-methyl/N-ethyl adjacent to an activating group) is 1. The molecule has 0 spiro atoms. The lowest BCUT2D eigenvalue weighted by Gasteiger charge is -2.35. The molecule has 2 heterocycles. The maximum atomic E-state index is 12.9. The fourth-order valence-corrected chi connectivity index (χ4v) is 3.68. The number of hydrogen-bond acceptors (Lipinski definition) is 6. The first kappa shape index (κ1) is 22.1. The zero-order valence-corrected chi connectivity index (χ0v) is 18.2. The van der Waals surface area contributed by atoms with Crippen LogP contribution < -0.4 is 15.4 Å². The second-order valence-corrected chi connectivity index (χ2v) is 7.96. The van der Waals surface area contributed by atoms with Crippen molar-refractivity contribution in [1.82, 2.24) is 20.4 Å². The second kappa shape index (κ2) is 9.95. The Morgan fingerprint density at radius 1 is 1.17 bits per heavy atom. The standard InChI is InChI=1S/C22H32N4O4/c1-5-29-21(27)19-18(14-26-12-10-25(4)11-13-26)23-22(28)24-20(19)16-6-8-17(9-7-16)30-15(2)3/h6-9,15,20H,5,10-14H2,1-4H3,(H2,23,24,28)/t20-/m0/s1. The molecule has 1 aromatic rings. The van der Waals surface area contributed by atoms with Crippen molar-refractivity contribution >= 4 is 12.0 Å². The van der Waals surface area contributed by atoms with E-state index in [0.717, 1.165) is 37.5 Å². The highest BCUT2D eigenvalue weighted by molar-refractivity contribution is 5.95. The first-order valence-corrected chi connectivity index (χ1v) is 10.5. The van der Waals surface area contributed by atoms with Crippen LogP contribution >= 0.6 is 0 Å². The van der Waals surface area contributed by atoms with Crippen molar-refractivity contribution < 1.29 is 19.1 Å². The molecule has 0 unspecified atom stereocenters. The van der Waals surface area contributed by atoms with E-state index in [-0.39, 0.29) is 18.7 Å². The second-order valence-electron chi connectivity index (χ2n) is 7.96. The Morgan fingerprint density at radius 3 is 2.43 bits per heavy atom. The lowest BCUT2D eigenvalue weighted by Crippen LogP contribution is -2.51. The number of carbonyl (C=O) groups excluding carboxylic acids is 2. The van der Waals surface area contributed by atoms with Crippen LogP contribution in [0.5, 0.6) is 5.75 Å². The van der Waals surface area contributed by atoms with Crippen molar-refractivity contribution in [2.75, 3.05) is 46.4 Å². The third kappa shape index (κ3) is 5.52. The Morgan fingerprint density at radius 2 is 1.83 bits per heavy atom. The largest absolute Gasteiger partial charge is 0.491 e. The lowest BCUT2D eigenvalue weighted by atomic mass is 9.94. The van der Waals surface area contributed by atoms with Gasteiger partial charge in [0.1, 0.15) is 5.75 Å². The number of rotatable bonds is 7. The molecule has 2 aliphatic rings. The van der Waals surface area contributed by atoms with Crippen LogP contribution in [0.3, 0.4) is 0 Å². The zero-order valence-electron chi connectivity index (χ0n) is 18.2. The highest BCUT2D eigenvalue weighted by Crippen LogP contribution is 2.29. The molecule has 0 bridgehead atoms. The molecular formula is C22H32N4O4. The average Bonchev–Trinajstić information content (AvgIpc) is 2.69. The van der Waals surface area contributed by atoms with E-state index in [2.05, 4.69) is 27.5 Å². The maximum absolute atomic E-state index is 12.9. The molecule has 1 aromatic carbocycles. The van der Waals surface area contributed by atoms with Gasteiger partial charge in [-0.2, -0.15) is 0 Å². The Balaban J connectivity index is 1.91. The summed E-state index contributed by atoms with van der Waals surface area (Å²) in [6.07, 6.45) is 0.0691. The first-order valence-electron chi connectivity index (χ1n) is 10.5. The molecule has 0 aromatic heterocycles. The van der Waals surface area contributed by atoms with E-state index in [9.17, 15) is 9.59 Å². The molecule has 2 N–H and O–H groups in total. The third-order valence-electron chi connectivity index (χ3n) is 5.21. The summed E-state index contributed by atoms with van der Waals surface area (Å²) in [5.41, 5.74) is 1.86. The molecule has 2 amide bonds. The SMILES string of the molecule is CCOC(=O)C1=C(CN2CCN(C)CC2)NC(=O)N[C@H]1c1ccc(OC(C)C)cc1. The monoisotopic (exact) mass is 416 g/mol. The number of nitrogens with one attached hydrogen (secondary N) is 2. The van der Waals surface area contributed by atoms with Gasteiger partial charge in [-0.25, -0.2) is 9.59 Å². The molecule has 0 aliphatic carbocycles. The van der Waals surface area contributed by atoms with Gasteiger partial charge in [-0.1, -0.05) is 12.1 Å². The van der Waals surface area contributed by atoms with Gasteiger partial charge >= 0.3 is 12.0 Å². The summed E-state index contributed by atoms with van der Waals surface area (Å²) < 4.78 is 11.0. The van der Waals surface area contributed by atoms with Crippen LogP contribution in [0.15, 0.2) is 35.5 Å². The van der Waals surface area contributed by atoms with Crippen LogP contribution in [0, 0.1) is 0 Å². The minimum absolute atomic E-state index is 0.0691.